The van der Waals surface area contributed by atoms with Crippen molar-refractivity contribution < 1.29 is 34.2 Å². The molecule has 5 N–H and O–H groups in total. The number of carbonyl (C=O) groups excluding carboxylic acids is 2. The number of nitrogens with one attached hydrogen (secondary N) is 1. The van der Waals surface area contributed by atoms with E-state index in [1.165, 1.54) is 36.7 Å². The van der Waals surface area contributed by atoms with Gasteiger partial charge >= 0.3 is 11.9 Å². The number of nitrogens with zero attached hydrogens (tertiary/aromatic N) is 4. The lowest BCUT2D eigenvalue weighted by atomic mass is 10.1. The van der Waals surface area contributed by atoms with Crippen LogP contribution in [0.5, 0.6) is 0 Å². The van der Waals surface area contributed by atoms with Crippen molar-refractivity contribution in [3.8, 4) is 0 Å². The van der Waals surface area contributed by atoms with Gasteiger partial charge in [0.2, 0.25) is 17.1 Å². The van der Waals surface area contributed by atoms with Crippen LogP contribution in [0.1, 0.15) is 19.7 Å². The number of rotatable bonds is 7. The van der Waals surface area contributed by atoms with Gasteiger partial charge in [-0.3, -0.25) is 9.59 Å². The summed E-state index contributed by atoms with van der Waals surface area (Å²) < 4.78 is 3.87. The number of carbonyl (C=O) groups is 4. The zero-order chi connectivity index (χ0) is 22.2. The number of carboxylic acids is 2. The van der Waals surface area contributed by atoms with Crippen molar-refractivity contribution in [2.24, 2.45) is 5.16 Å². The zero-order valence-corrected chi connectivity index (χ0v) is 17.2. The molecule has 160 valence electrons. The third-order valence-corrected chi connectivity index (χ3v) is 5.96. The Morgan fingerprint density at radius 2 is 2.10 bits per heavy atom. The topological polar surface area (TPSA) is 197 Å². The molecule has 2 aliphatic heterocycles. The number of β-lactam (4-membered cyclic amide) rings is 1. The second kappa shape index (κ2) is 7.91. The number of hydrogen-bond acceptors (Lipinski definition) is 11. The van der Waals surface area contributed by atoms with Crippen molar-refractivity contribution in [1.82, 2.24) is 19.6 Å². The maximum atomic E-state index is 12.8. The van der Waals surface area contributed by atoms with Crippen LogP contribution in [0.15, 0.2) is 16.9 Å². The average Bonchev–Trinajstić information content (AvgIpc) is 3.11. The van der Waals surface area contributed by atoms with Gasteiger partial charge in [-0.1, -0.05) is 5.16 Å². The van der Waals surface area contributed by atoms with Crippen molar-refractivity contribution in [2.45, 2.75) is 30.9 Å². The summed E-state index contributed by atoms with van der Waals surface area (Å²) in [5.74, 6) is -3.85. The normalized spacial score (nSPS) is 21.3. The zero-order valence-electron chi connectivity index (χ0n) is 15.6. The Balaban J connectivity index is 1.79. The minimum absolute atomic E-state index is 0.0445. The Morgan fingerprint density at radius 1 is 1.40 bits per heavy atom. The number of fused-ring (bicyclic) bond motifs is 1. The van der Waals surface area contributed by atoms with Crippen LogP contribution < -0.4 is 11.1 Å². The first kappa shape index (κ1) is 21.5. The summed E-state index contributed by atoms with van der Waals surface area (Å²) in [5, 5.41) is 23.8. The lowest BCUT2D eigenvalue weighted by molar-refractivity contribution is -0.161. The highest BCUT2D eigenvalue weighted by molar-refractivity contribution is 8.00. The minimum Gasteiger partial charge on any atom is -0.478 e. The van der Waals surface area contributed by atoms with Crippen LogP contribution in [-0.4, -0.2) is 76.7 Å². The van der Waals surface area contributed by atoms with Gasteiger partial charge in [-0.05, 0) is 13.8 Å². The van der Waals surface area contributed by atoms with Crippen LogP contribution in [-0.2, 0) is 24.0 Å². The molecule has 3 heterocycles. The van der Waals surface area contributed by atoms with Gasteiger partial charge in [-0.2, -0.15) is 9.36 Å². The Morgan fingerprint density at radius 3 is 2.67 bits per heavy atom. The van der Waals surface area contributed by atoms with E-state index in [-0.39, 0.29) is 22.3 Å². The molecule has 30 heavy (non-hydrogen) atoms. The Hall–Kier alpha value is -3.20. The molecule has 1 unspecified atom stereocenters. The number of oxime groups is 1. The smallest absolute Gasteiger partial charge is 0.350 e. The summed E-state index contributed by atoms with van der Waals surface area (Å²) in [7, 11) is 0. The highest BCUT2D eigenvalue weighted by Gasteiger charge is 2.50. The van der Waals surface area contributed by atoms with Crippen molar-refractivity contribution in [3.05, 3.63) is 17.6 Å². The van der Waals surface area contributed by atoms with Crippen LogP contribution in [0.4, 0.5) is 5.13 Å². The Labute approximate surface area is 177 Å². The molecular formula is C15H16N6O7S2. The van der Waals surface area contributed by atoms with Crippen LogP contribution in [0.3, 0.4) is 0 Å². The first-order valence-corrected chi connectivity index (χ1v) is 10.1. The molecule has 1 aromatic heterocycles. The monoisotopic (exact) mass is 456 g/mol. The van der Waals surface area contributed by atoms with E-state index < -0.39 is 46.5 Å². The summed E-state index contributed by atoms with van der Waals surface area (Å²) in [4.78, 5) is 57.4. The molecule has 0 bridgehead atoms. The van der Waals surface area contributed by atoms with Gasteiger partial charge in [-0.15, -0.1) is 11.8 Å². The van der Waals surface area contributed by atoms with Crippen molar-refractivity contribution >= 4 is 57.9 Å². The molecule has 1 aromatic rings. The molecule has 0 radical (unpaired) electrons. The first-order chi connectivity index (χ1) is 14.0. The fraction of sp³-hybridized carbons (Fsp3) is 0.400. The molecule has 2 aliphatic rings. The quantitative estimate of drug-likeness (QED) is 0.225. The number of thioether (sulfide) groups is 1. The van der Waals surface area contributed by atoms with E-state index in [0.717, 1.165) is 11.5 Å². The van der Waals surface area contributed by atoms with E-state index in [1.54, 1.807) is 0 Å². The second-order valence-corrected chi connectivity index (χ2v) is 8.55. The van der Waals surface area contributed by atoms with E-state index in [0.29, 0.717) is 0 Å². The molecule has 1 saturated heterocycles. The SMILES string of the molecule is CC(C)(ON=C(C(=O)NC1C(=O)N2C=C(C(=O)O)CS[C@H]12)c1nsc(N)n1)C(=O)O. The largest absolute Gasteiger partial charge is 0.478 e. The summed E-state index contributed by atoms with van der Waals surface area (Å²) in [6, 6.07) is -0.942. The van der Waals surface area contributed by atoms with Gasteiger partial charge in [-0.25, -0.2) is 9.59 Å². The maximum Gasteiger partial charge on any atom is 0.350 e. The molecule has 2 atom stereocenters. The lowest BCUT2D eigenvalue weighted by Crippen LogP contribution is -2.69. The fourth-order valence-corrected chi connectivity index (χ4v) is 4.04. The highest BCUT2D eigenvalue weighted by Crippen LogP contribution is 2.36. The van der Waals surface area contributed by atoms with E-state index >= 15 is 0 Å². The molecule has 1 fully saturated rings. The standard InChI is InChI=1S/C15H16N6O7S2/c1-15(2,13(26)27)28-19-6(8-18-14(16)30-20-8)9(22)17-7-10(23)21-3-5(12(24)25)4-29-11(7)21/h3,7,11H,4H2,1-2H3,(H,17,22)(H,24,25)(H,26,27)(H2,16,18,20)/t7?,11-/m1/s1. The highest BCUT2D eigenvalue weighted by atomic mass is 32.2. The average molecular weight is 456 g/mol. The molecule has 15 heteroatoms. The Bertz CT molecular complexity index is 988. The van der Waals surface area contributed by atoms with Gasteiger partial charge < -0.3 is 31.0 Å². The fourth-order valence-electron chi connectivity index (χ4n) is 2.35. The molecule has 13 nitrogen and oxygen atoms in total. The van der Waals surface area contributed by atoms with Crippen molar-refractivity contribution in [3.63, 3.8) is 0 Å². The second-order valence-electron chi connectivity index (χ2n) is 6.66. The van der Waals surface area contributed by atoms with Gasteiger partial charge in [0.15, 0.2) is 5.13 Å². The molecule has 3 rings (SSSR count). The number of carboxylic acid groups (broad SMARTS) is 2. The van der Waals surface area contributed by atoms with Crippen LogP contribution in [0, 0.1) is 0 Å². The lowest BCUT2D eigenvalue weighted by Gasteiger charge is -2.46. The van der Waals surface area contributed by atoms with Crippen LogP contribution in [0.2, 0.25) is 0 Å². The molecule has 2 amide bonds. The number of aliphatic carboxylic acids is 2. The van der Waals surface area contributed by atoms with Crippen LogP contribution >= 0.6 is 23.3 Å². The molecule has 0 spiro atoms. The first-order valence-electron chi connectivity index (χ1n) is 8.29. The molecule has 0 saturated carbocycles. The third-order valence-electron chi connectivity index (χ3n) is 4.09. The molecular weight excluding hydrogens is 440 g/mol. The third kappa shape index (κ3) is 4.06. The predicted octanol–water partition coefficient (Wildman–Crippen LogP) is -0.927. The predicted molar refractivity (Wildman–Crippen MR) is 104 cm³/mol. The van der Waals surface area contributed by atoms with Crippen LogP contribution in [0.25, 0.3) is 0 Å². The number of aromatic nitrogens is 2. The van der Waals surface area contributed by atoms with Crippen molar-refractivity contribution in [2.75, 3.05) is 11.5 Å². The number of nitrogens with two attached hydrogens (primary N) is 1. The Kier molecular flexibility index (Phi) is 5.67. The number of hydrogen-bond donors (Lipinski definition) is 4. The van der Waals surface area contributed by atoms with E-state index in [1.807, 2.05) is 0 Å². The number of anilines is 1. The summed E-state index contributed by atoms with van der Waals surface area (Å²) in [6.45, 7) is 2.46. The summed E-state index contributed by atoms with van der Waals surface area (Å²) in [5.41, 5.74) is 3.41. The maximum absolute atomic E-state index is 12.8. The van der Waals surface area contributed by atoms with E-state index in [9.17, 15) is 19.2 Å². The molecule has 0 aromatic carbocycles. The molecule has 0 aliphatic carbocycles. The summed E-state index contributed by atoms with van der Waals surface area (Å²) >= 11 is 1.97. The van der Waals surface area contributed by atoms with E-state index in [4.69, 9.17) is 20.8 Å². The van der Waals surface area contributed by atoms with Gasteiger partial charge in [0.05, 0.1) is 5.57 Å². The van der Waals surface area contributed by atoms with Gasteiger partial charge in [0.25, 0.3) is 11.8 Å². The number of nitrogen functional groups attached to an aromatic ring is 1. The van der Waals surface area contributed by atoms with Gasteiger partial charge in [0, 0.05) is 23.5 Å². The van der Waals surface area contributed by atoms with E-state index in [2.05, 4.69) is 19.8 Å². The minimum atomic E-state index is -1.74. The summed E-state index contributed by atoms with van der Waals surface area (Å²) in [6.07, 6.45) is 1.24. The van der Waals surface area contributed by atoms with Crippen molar-refractivity contribution in [1.29, 1.82) is 0 Å². The van der Waals surface area contributed by atoms with Gasteiger partial charge in [0.1, 0.15) is 11.4 Å². The number of amides is 2.